The van der Waals surface area contributed by atoms with E-state index >= 15 is 0 Å². The molecule has 1 N–H and O–H groups in total. The van der Waals surface area contributed by atoms with Gasteiger partial charge in [0.1, 0.15) is 11.5 Å². The van der Waals surface area contributed by atoms with Gasteiger partial charge in [0.25, 0.3) is 5.91 Å². The van der Waals surface area contributed by atoms with Crippen LogP contribution < -0.4 is 4.90 Å². The van der Waals surface area contributed by atoms with Crippen molar-refractivity contribution in [2.24, 2.45) is 11.8 Å². The summed E-state index contributed by atoms with van der Waals surface area (Å²) in [6.45, 7) is 6.87. The number of nitrogens with one attached hydrogen (secondary N) is 1. The van der Waals surface area contributed by atoms with Crippen molar-refractivity contribution in [1.82, 2.24) is 30.3 Å². The van der Waals surface area contributed by atoms with Gasteiger partial charge < -0.3 is 9.80 Å². The van der Waals surface area contributed by atoms with Crippen molar-refractivity contribution >= 4 is 11.9 Å². The maximum Gasteiger partial charge on any atom is 0.257 e. The fourth-order valence-corrected chi connectivity index (χ4v) is 4.71. The van der Waals surface area contributed by atoms with Crippen molar-refractivity contribution in [3.05, 3.63) is 53.2 Å². The summed E-state index contributed by atoms with van der Waals surface area (Å²) < 4.78 is 14.7. The van der Waals surface area contributed by atoms with E-state index in [1.54, 1.807) is 17.0 Å². The lowest BCUT2D eigenvalue weighted by Gasteiger charge is -2.23. The van der Waals surface area contributed by atoms with Gasteiger partial charge >= 0.3 is 0 Å². The molecular weight excluding hydrogens is 397 g/mol. The Labute approximate surface area is 179 Å². The van der Waals surface area contributed by atoms with Crippen LogP contribution in [0, 0.1) is 24.6 Å². The van der Waals surface area contributed by atoms with Crippen molar-refractivity contribution in [1.29, 1.82) is 0 Å². The van der Waals surface area contributed by atoms with Crippen LogP contribution in [-0.2, 0) is 6.42 Å². The smallest absolute Gasteiger partial charge is 0.257 e. The Morgan fingerprint density at radius 1 is 1.19 bits per heavy atom. The fourth-order valence-electron chi connectivity index (χ4n) is 4.71. The third-order valence-corrected chi connectivity index (χ3v) is 6.23. The molecule has 31 heavy (non-hydrogen) atoms. The molecule has 0 spiro atoms. The number of aromatic nitrogens is 5. The van der Waals surface area contributed by atoms with E-state index in [9.17, 15) is 9.18 Å². The van der Waals surface area contributed by atoms with Crippen molar-refractivity contribution < 1.29 is 9.18 Å². The van der Waals surface area contributed by atoms with Crippen molar-refractivity contribution in [3.8, 4) is 11.3 Å². The molecule has 2 fully saturated rings. The van der Waals surface area contributed by atoms with E-state index in [0.717, 1.165) is 36.8 Å². The van der Waals surface area contributed by atoms with Gasteiger partial charge in [-0.2, -0.15) is 15.4 Å². The van der Waals surface area contributed by atoms with Crippen LogP contribution in [0.2, 0.25) is 0 Å². The molecule has 2 aliphatic heterocycles. The molecule has 1 amide bonds. The monoisotopic (exact) mass is 421 g/mol. The van der Waals surface area contributed by atoms with Crippen molar-refractivity contribution in [2.75, 3.05) is 31.1 Å². The number of hydrogen-bond donors (Lipinski definition) is 1. The van der Waals surface area contributed by atoms with E-state index in [0.29, 0.717) is 36.2 Å². The molecule has 9 heteroatoms. The average Bonchev–Trinajstić information content (AvgIpc) is 3.49. The maximum absolute atomic E-state index is 14.7. The van der Waals surface area contributed by atoms with E-state index in [2.05, 4.69) is 37.2 Å². The predicted molar refractivity (Wildman–Crippen MR) is 113 cm³/mol. The Balaban J connectivity index is 1.34. The highest BCUT2D eigenvalue weighted by Gasteiger charge is 2.43. The third-order valence-electron chi connectivity index (χ3n) is 6.23. The summed E-state index contributed by atoms with van der Waals surface area (Å²) in [5.41, 5.74) is 2.98. The topological polar surface area (TPSA) is 90.9 Å². The SMILES string of the molecule is CCc1cc(C)nc(N2CC3CN(C(=O)c4c(F)cccc4-c4cn[nH]n4)CC3C2)n1. The molecule has 4 heterocycles. The Morgan fingerprint density at radius 3 is 2.65 bits per heavy atom. The van der Waals surface area contributed by atoms with Gasteiger partial charge in [-0.15, -0.1) is 0 Å². The number of carbonyl (C=O) groups is 1. The number of aromatic amines is 1. The van der Waals surface area contributed by atoms with Gasteiger partial charge in [0, 0.05) is 55.0 Å². The molecule has 3 aromatic rings. The summed E-state index contributed by atoms with van der Waals surface area (Å²) in [5, 5.41) is 10.3. The Bertz CT molecular complexity index is 1100. The third kappa shape index (κ3) is 3.54. The Morgan fingerprint density at radius 2 is 1.97 bits per heavy atom. The molecule has 0 radical (unpaired) electrons. The number of rotatable bonds is 4. The van der Waals surface area contributed by atoms with E-state index in [1.165, 1.54) is 12.3 Å². The van der Waals surface area contributed by atoms with Gasteiger partial charge in [0.15, 0.2) is 0 Å². The van der Waals surface area contributed by atoms with E-state index in [4.69, 9.17) is 0 Å². The number of aryl methyl sites for hydroxylation is 2. The van der Waals surface area contributed by atoms with Crippen LogP contribution in [0.3, 0.4) is 0 Å². The van der Waals surface area contributed by atoms with Gasteiger partial charge in [0.05, 0.1) is 11.8 Å². The zero-order valence-electron chi connectivity index (χ0n) is 17.5. The standard InChI is InChI=1S/C22H24FN7O/c1-3-16-7-13(2)25-22(26-16)30-11-14-9-29(10-15(14)12-30)21(31)20-17(5-4-6-18(20)23)19-8-24-28-27-19/h4-8,14-15H,3,9-12H2,1-2H3,(H,24,27,28). The molecule has 2 unspecified atom stereocenters. The number of likely N-dealkylation sites (tertiary alicyclic amines) is 1. The second-order valence-electron chi connectivity index (χ2n) is 8.31. The first kappa shape index (κ1) is 19.6. The number of H-pyrrole nitrogens is 1. The highest BCUT2D eigenvalue weighted by Crippen LogP contribution is 2.35. The molecule has 8 nitrogen and oxygen atoms in total. The minimum absolute atomic E-state index is 0.0582. The average molecular weight is 421 g/mol. The normalized spacial score (nSPS) is 20.4. The van der Waals surface area contributed by atoms with Gasteiger partial charge in [0.2, 0.25) is 5.95 Å². The molecule has 2 aliphatic rings. The van der Waals surface area contributed by atoms with Crippen LogP contribution in [-0.4, -0.2) is 62.4 Å². The molecule has 0 aliphatic carbocycles. The largest absolute Gasteiger partial charge is 0.340 e. The second kappa shape index (κ2) is 7.72. The molecule has 0 saturated carbocycles. The first-order valence-electron chi connectivity index (χ1n) is 10.6. The van der Waals surface area contributed by atoms with Gasteiger partial charge in [-0.1, -0.05) is 19.1 Å². The van der Waals surface area contributed by atoms with Crippen LogP contribution >= 0.6 is 0 Å². The molecule has 160 valence electrons. The zero-order valence-corrected chi connectivity index (χ0v) is 17.5. The minimum atomic E-state index is -0.538. The summed E-state index contributed by atoms with van der Waals surface area (Å²) in [4.78, 5) is 26.6. The number of fused-ring (bicyclic) bond motifs is 1. The summed E-state index contributed by atoms with van der Waals surface area (Å²) in [5.74, 6) is 0.578. The van der Waals surface area contributed by atoms with E-state index in [-0.39, 0.29) is 11.5 Å². The zero-order chi connectivity index (χ0) is 21.5. The second-order valence-corrected chi connectivity index (χ2v) is 8.31. The first-order valence-corrected chi connectivity index (χ1v) is 10.6. The summed E-state index contributed by atoms with van der Waals surface area (Å²) in [7, 11) is 0. The van der Waals surface area contributed by atoms with Crippen molar-refractivity contribution in [3.63, 3.8) is 0 Å². The molecular formula is C22H24FN7O. The van der Waals surface area contributed by atoms with Crippen LogP contribution in [0.4, 0.5) is 10.3 Å². The Kier molecular flexibility index (Phi) is 4.88. The van der Waals surface area contributed by atoms with Crippen LogP contribution in [0.25, 0.3) is 11.3 Å². The highest BCUT2D eigenvalue weighted by molar-refractivity contribution is 6.00. The maximum atomic E-state index is 14.7. The van der Waals surface area contributed by atoms with E-state index < -0.39 is 5.82 Å². The molecule has 5 rings (SSSR count). The summed E-state index contributed by atoms with van der Waals surface area (Å²) in [6.07, 6.45) is 2.37. The van der Waals surface area contributed by atoms with Crippen LogP contribution in [0.5, 0.6) is 0 Å². The molecule has 2 saturated heterocycles. The lowest BCUT2D eigenvalue weighted by Crippen LogP contribution is -2.34. The summed E-state index contributed by atoms with van der Waals surface area (Å²) >= 11 is 0. The van der Waals surface area contributed by atoms with Gasteiger partial charge in [-0.3, -0.25) is 4.79 Å². The van der Waals surface area contributed by atoms with Crippen molar-refractivity contribution in [2.45, 2.75) is 20.3 Å². The Hall–Kier alpha value is -3.36. The highest BCUT2D eigenvalue weighted by atomic mass is 19.1. The number of amides is 1. The van der Waals surface area contributed by atoms with Gasteiger partial charge in [-0.25, -0.2) is 14.4 Å². The summed E-state index contributed by atoms with van der Waals surface area (Å²) in [6, 6.07) is 6.61. The lowest BCUT2D eigenvalue weighted by atomic mass is 10.0. The number of benzene rings is 1. The number of halogens is 1. The van der Waals surface area contributed by atoms with E-state index in [1.807, 2.05) is 13.0 Å². The number of nitrogens with zero attached hydrogens (tertiary/aromatic N) is 6. The lowest BCUT2D eigenvalue weighted by molar-refractivity contribution is 0.0778. The fraction of sp³-hybridized carbons (Fsp3) is 0.409. The molecule has 0 bridgehead atoms. The molecule has 1 aromatic carbocycles. The number of hydrogen-bond acceptors (Lipinski definition) is 6. The van der Waals surface area contributed by atoms with Crippen LogP contribution in [0.15, 0.2) is 30.5 Å². The number of anilines is 1. The molecule has 2 aromatic heterocycles. The quantitative estimate of drug-likeness (QED) is 0.696. The number of carbonyl (C=O) groups excluding carboxylic acids is 1. The first-order chi connectivity index (χ1) is 15.0. The molecule has 2 atom stereocenters. The van der Waals surface area contributed by atoms with Crippen LogP contribution in [0.1, 0.15) is 28.7 Å². The van der Waals surface area contributed by atoms with Gasteiger partial charge in [-0.05, 0) is 25.5 Å². The minimum Gasteiger partial charge on any atom is -0.340 e. The predicted octanol–water partition coefficient (Wildman–Crippen LogP) is 2.48.